The van der Waals surface area contributed by atoms with Gasteiger partial charge in [0.15, 0.2) is 0 Å². The summed E-state index contributed by atoms with van der Waals surface area (Å²) < 4.78 is 74.8. The second-order valence-corrected chi connectivity index (χ2v) is 8.76. The Kier molecular flexibility index (Phi) is 12.6. The molecule has 2 saturated heterocycles. The molecule has 0 aliphatic carbocycles. The Labute approximate surface area is 220 Å². The van der Waals surface area contributed by atoms with Crippen LogP contribution in [0.25, 0.3) is 0 Å². The summed E-state index contributed by atoms with van der Waals surface area (Å²) in [4.78, 5) is 39.2. The number of hydrogen-bond acceptors (Lipinski definition) is 7. The zero-order valence-electron chi connectivity index (χ0n) is 21.5. The minimum atomic E-state index is -5.08. The summed E-state index contributed by atoms with van der Waals surface area (Å²) in [5.74, 6) is -5.46. The fourth-order valence-electron chi connectivity index (χ4n) is 3.93. The average molecular weight is 576 g/mol. The molecule has 1 spiro atoms. The molecule has 2 N–H and O–H groups in total. The predicted octanol–water partition coefficient (Wildman–Crippen LogP) is 2.88. The number of halogens is 6. The molecule has 222 valence electrons. The van der Waals surface area contributed by atoms with E-state index in [1.807, 2.05) is 30.0 Å². The molecule has 2 aliphatic rings. The van der Waals surface area contributed by atoms with E-state index in [2.05, 4.69) is 16.8 Å². The number of carboxylic acids is 2. The van der Waals surface area contributed by atoms with Crippen molar-refractivity contribution in [2.45, 2.75) is 57.2 Å². The molecule has 1 amide bonds. The molecular formula is C23H31F6N3O7. The van der Waals surface area contributed by atoms with Crippen molar-refractivity contribution in [3.63, 3.8) is 0 Å². The van der Waals surface area contributed by atoms with Crippen LogP contribution in [0.5, 0.6) is 0 Å². The van der Waals surface area contributed by atoms with Gasteiger partial charge in [0.25, 0.3) is 0 Å². The number of aryl methyl sites for hydroxylation is 1. The number of hydrogen-bond donors (Lipinski definition) is 2. The van der Waals surface area contributed by atoms with Crippen LogP contribution in [-0.4, -0.2) is 107 Å². The molecular weight excluding hydrogens is 544 g/mol. The van der Waals surface area contributed by atoms with Gasteiger partial charge in [-0.2, -0.15) is 26.3 Å². The van der Waals surface area contributed by atoms with Gasteiger partial charge < -0.3 is 29.5 Å². The lowest BCUT2D eigenvalue weighted by Gasteiger charge is -2.51. The van der Waals surface area contributed by atoms with Gasteiger partial charge in [-0.3, -0.25) is 9.78 Å². The van der Waals surface area contributed by atoms with Crippen molar-refractivity contribution in [1.29, 1.82) is 0 Å². The molecule has 2 fully saturated rings. The Balaban J connectivity index is 0.000000449. The van der Waals surface area contributed by atoms with Crippen molar-refractivity contribution < 1.29 is 60.4 Å². The second-order valence-electron chi connectivity index (χ2n) is 8.76. The number of ether oxygens (including phenoxy) is 2. The van der Waals surface area contributed by atoms with Crippen LogP contribution in [0.2, 0.25) is 0 Å². The summed E-state index contributed by atoms with van der Waals surface area (Å²) >= 11 is 0. The number of nitrogens with zero attached hydrogens (tertiary/aromatic N) is 3. The number of pyridine rings is 1. The maximum Gasteiger partial charge on any atom is 0.490 e. The number of morpholine rings is 1. The van der Waals surface area contributed by atoms with Crippen LogP contribution in [0, 0.1) is 6.92 Å². The third kappa shape index (κ3) is 11.0. The highest BCUT2D eigenvalue weighted by molar-refractivity contribution is 5.78. The number of carboxylic acid groups (broad SMARTS) is 2. The standard InChI is InChI=1S/C19H29N3O3.2C2HF3O2/c1-15-5-4-6-17(20-15)13-22-16(2)19(25-14-18(22)23)7-9-21(10-8-19)11-12-24-3;2*3-2(4,5)1(6)7/h4-6,16H,7-14H2,1-3H3;2*(H,6,7). The molecule has 0 bridgehead atoms. The highest BCUT2D eigenvalue weighted by Gasteiger charge is 2.48. The Bertz CT molecular complexity index is 942. The number of alkyl halides is 6. The predicted molar refractivity (Wildman–Crippen MR) is 123 cm³/mol. The number of carbonyl (C=O) groups is 3. The fourth-order valence-corrected chi connectivity index (χ4v) is 3.93. The van der Waals surface area contributed by atoms with Crippen molar-refractivity contribution in [2.24, 2.45) is 0 Å². The SMILES string of the molecule is COCCN1CCC2(CC1)OCC(=O)N(Cc1cccc(C)n1)C2C.O=C(O)C(F)(F)F.O=C(O)C(F)(F)F. The quantitative estimate of drug-likeness (QED) is 0.509. The van der Waals surface area contributed by atoms with Gasteiger partial charge in [0, 0.05) is 32.4 Å². The molecule has 1 unspecified atom stereocenters. The summed E-state index contributed by atoms with van der Waals surface area (Å²) in [6.07, 6.45) is -8.27. The smallest absolute Gasteiger partial charge is 0.475 e. The number of amides is 1. The molecule has 1 aromatic heterocycles. The van der Waals surface area contributed by atoms with Gasteiger partial charge in [0.05, 0.1) is 30.5 Å². The largest absolute Gasteiger partial charge is 0.490 e. The van der Waals surface area contributed by atoms with E-state index < -0.39 is 24.3 Å². The minimum absolute atomic E-state index is 0.0561. The van der Waals surface area contributed by atoms with Gasteiger partial charge >= 0.3 is 24.3 Å². The second kappa shape index (κ2) is 14.4. The summed E-state index contributed by atoms with van der Waals surface area (Å²) in [7, 11) is 1.74. The first-order valence-corrected chi connectivity index (χ1v) is 11.6. The third-order valence-electron chi connectivity index (χ3n) is 6.11. The number of rotatable bonds is 5. The Hall–Kier alpha value is -2.98. The number of carbonyl (C=O) groups excluding carboxylic acids is 1. The lowest BCUT2D eigenvalue weighted by molar-refractivity contribution is -0.193. The van der Waals surface area contributed by atoms with E-state index in [-0.39, 0.29) is 24.2 Å². The van der Waals surface area contributed by atoms with Crippen LogP contribution < -0.4 is 0 Å². The third-order valence-corrected chi connectivity index (χ3v) is 6.11. The summed E-state index contributed by atoms with van der Waals surface area (Å²) in [5, 5.41) is 14.2. The molecule has 10 nitrogen and oxygen atoms in total. The highest BCUT2D eigenvalue weighted by Crippen LogP contribution is 2.36. The van der Waals surface area contributed by atoms with Crippen molar-refractivity contribution in [2.75, 3.05) is 40.0 Å². The number of aliphatic carboxylic acids is 2. The van der Waals surface area contributed by atoms with Crippen LogP contribution in [0.3, 0.4) is 0 Å². The molecule has 2 aliphatic heterocycles. The van der Waals surface area contributed by atoms with E-state index in [4.69, 9.17) is 29.3 Å². The molecule has 1 aromatic rings. The lowest BCUT2D eigenvalue weighted by Crippen LogP contribution is -2.63. The normalized spacial score (nSPS) is 19.5. The highest BCUT2D eigenvalue weighted by atomic mass is 19.4. The number of methoxy groups -OCH3 is 1. The van der Waals surface area contributed by atoms with E-state index in [1.54, 1.807) is 7.11 Å². The molecule has 0 aromatic carbocycles. The van der Waals surface area contributed by atoms with E-state index in [1.165, 1.54) is 0 Å². The van der Waals surface area contributed by atoms with Crippen LogP contribution in [0.4, 0.5) is 26.3 Å². The minimum Gasteiger partial charge on any atom is -0.475 e. The topological polar surface area (TPSA) is 130 Å². The average Bonchev–Trinajstić information content (AvgIpc) is 2.84. The van der Waals surface area contributed by atoms with Gasteiger partial charge in [-0.05, 0) is 38.8 Å². The first-order valence-electron chi connectivity index (χ1n) is 11.6. The number of likely N-dealkylation sites (tertiary alicyclic amines) is 1. The first kappa shape index (κ1) is 34.0. The van der Waals surface area contributed by atoms with Crippen LogP contribution in [0.1, 0.15) is 31.2 Å². The number of piperidine rings is 1. The zero-order valence-corrected chi connectivity index (χ0v) is 21.5. The van der Waals surface area contributed by atoms with Crippen molar-refractivity contribution in [1.82, 2.24) is 14.8 Å². The zero-order chi connectivity index (χ0) is 30.0. The van der Waals surface area contributed by atoms with Crippen molar-refractivity contribution in [3.05, 3.63) is 29.6 Å². The van der Waals surface area contributed by atoms with Gasteiger partial charge in [0.2, 0.25) is 5.91 Å². The molecule has 3 heterocycles. The Morgan fingerprint density at radius 2 is 1.62 bits per heavy atom. The van der Waals surface area contributed by atoms with E-state index in [9.17, 15) is 31.1 Å². The Morgan fingerprint density at radius 3 is 2.05 bits per heavy atom. The van der Waals surface area contributed by atoms with Crippen LogP contribution in [-0.2, 0) is 30.4 Å². The van der Waals surface area contributed by atoms with Crippen molar-refractivity contribution in [3.8, 4) is 0 Å². The molecule has 0 saturated carbocycles. The summed E-state index contributed by atoms with van der Waals surface area (Å²) in [5.41, 5.74) is 1.68. The lowest BCUT2D eigenvalue weighted by atomic mass is 9.82. The van der Waals surface area contributed by atoms with E-state index >= 15 is 0 Å². The van der Waals surface area contributed by atoms with Crippen LogP contribution >= 0.6 is 0 Å². The van der Waals surface area contributed by atoms with Gasteiger partial charge in [-0.25, -0.2) is 9.59 Å². The molecule has 39 heavy (non-hydrogen) atoms. The van der Waals surface area contributed by atoms with E-state index in [0.717, 1.165) is 50.5 Å². The molecule has 3 rings (SSSR count). The van der Waals surface area contributed by atoms with Gasteiger partial charge in [-0.1, -0.05) is 6.07 Å². The summed E-state index contributed by atoms with van der Waals surface area (Å²) in [6.45, 7) is 8.51. The summed E-state index contributed by atoms with van der Waals surface area (Å²) in [6, 6.07) is 6.02. The fraction of sp³-hybridized carbons (Fsp3) is 0.652. The molecule has 0 radical (unpaired) electrons. The van der Waals surface area contributed by atoms with E-state index in [0.29, 0.717) is 6.54 Å². The van der Waals surface area contributed by atoms with Crippen LogP contribution in [0.15, 0.2) is 18.2 Å². The monoisotopic (exact) mass is 575 g/mol. The Morgan fingerprint density at radius 1 is 1.10 bits per heavy atom. The van der Waals surface area contributed by atoms with Gasteiger partial charge in [-0.15, -0.1) is 0 Å². The van der Waals surface area contributed by atoms with Gasteiger partial charge in [0.1, 0.15) is 6.61 Å². The maximum atomic E-state index is 12.5. The first-order chi connectivity index (χ1) is 17.9. The maximum absolute atomic E-state index is 12.5. The molecule has 1 atom stereocenters. The molecule has 16 heteroatoms. The van der Waals surface area contributed by atoms with Crippen molar-refractivity contribution >= 4 is 17.8 Å². The number of aromatic nitrogens is 1.